The number of hydrogen-bond acceptors (Lipinski definition) is 2. The van der Waals surface area contributed by atoms with E-state index in [9.17, 15) is 9.90 Å². The molecule has 0 bridgehead atoms. The third kappa shape index (κ3) is 2.34. The Morgan fingerprint density at radius 3 is 2.41 bits per heavy atom. The summed E-state index contributed by atoms with van der Waals surface area (Å²) in [5, 5.41) is 19.1. The summed E-state index contributed by atoms with van der Waals surface area (Å²) in [7, 11) is 0. The van der Waals surface area contributed by atoms with E-state index in [1.807, 2.05) is 24.3 Å². The van der Waals surface area contributed by atoms with Crippen molar-refractivity contribution >= 4 is 5.97 Å². The zero-order valence-electron chi connectivity index (χ0n) is 10.2. The smallest absolute Gasteiger partial charge is 0.304 e. The van der Waals surface area contributed by atoms with Gasteiger partial charge in [0.05, 0.1) is 12.0 Å². The Balaban J connectivity index is 2.43. The van der Waals surface area contributed by atoms with Crippen LogP contribution in [0.25, 0.3) is 0 Å². The van der Waals surface area contributed by atoms with Crippen molar-refractivity contribution in [3.63, 3.8) is 0 Å². The molecule has 3 heteroatoms. The van der Waals surface area contributed by atoms with Crippen molar-refractivity contribution in [1.29, 1.82) is 0 Å². The lowest BCUT2D eigenvalue weighted by Gasteiger charge is -2.25. The summed E-state index contributed by atoms with van der Waals surface area (Å²) in [6.07, 6.45) is 1.94. The molecule has 1 fully saturated rings. The van der Waals surface area contributed by atoms with Gasteiger partial charge in [0.15, 0.2) is 0 Å². The van der Waals surface area contributed by atoms with Crippen LogP contribution in [0.5, 0.6) is 0 Å². The molecule has 0 aliphatic heterocycles. The lowest BCUT2D eigenvalue weighted by Crippen LogP contribution is -2.23. The normalized spacial score (nSPS) is 17.8. The van der Waals surface area contributed by atoms with Crippen LogP contribution in [-0.2, 0) is 15.8 Å². The number of hydrogen-bond donors (Lipinski definition) is 2. The Bertz CT molecular complexity index is 439. The number of rotatable bonds is 4. The van der Waals surface area contributed by atoms with Gasteiger partial charge in [-0.1, -0.05) is 24.3 Å². The topological polar surface area (TPSA) is 57.5 Å². The highest BCUT2D eigenvalue weighted by molar-refractivity contribution is 5.70. The van der Waals surface area contributed by atoms with Crippen LogP contribution in [0.15, 0.2) is 24.3 Å². The number of carbonyl (C=O) groups is 1. The minimum Gasteiger partial charge on any atom is -0.481 e. The van der Waals surface area contributed by atoms with Crippen LogP contribution in [0.4, 0.5) is 0 Å². The monoisotopic (exact) mass is 234 g/mol. The number of aliphatic carboxylic acids is 1. The Morgan fingerprint density at radius 2 is 1.94 bits per heavy atom. The fourth-order valence-corrected chi connectivity index (χ4v) is 2.46. The summed E-state index contributed by atoms with van der Waals surface area (Å²) in [6.45, 7) is 3.48. The quantitative estimate of drug-likeness (QED) is 0.841. The maximum Gasteiger partial charge on any atom is 0.304 e. The van der Waals surface area contributed by atoms with E-state index in [1.54, 1.807) is 13.8 Å². The van der Waals surface area contributed by atoms with Crippen molar-refractivity contribution in [3.05, 3.63) is 35.4 Å². The molecule has 0 saturated heterocycles. The maximum absolute atomic E-state index is 10.9. The van der Waals surface area contributed by atoms with Crippen molar-refractivity contribution in [2.75, 3.05) is 0 Å². The summed E-state index contributed by atoms with van der Waals surface area (Å²) in [5.74, 6) is -0.770. The SMILES string of the molecule is CC(C)(O)c1ccccc1C1(CC(=O)O)CC1. The molecule has 92 valence electrons. The average Bonchev–Trinajstić information content (AvgIpc) is 2.97. The van der Waals surface area contributed by atoms with Crippen LogP contribution < -0.4 is 0 Å². The summed E-state index contributed by atoms with van der Waals surface area (Å²) in [5.41, 5.74) is 0.668. The van der Waals surface area contributed by atoms with Crippen molar-refractivity contribution in [3.8, 4) is 0 Å². The molecule has 0 unspecified atom stereocenters. The highest BCUT2D eigenvalue weighted by Gasteiger charge is 2.48. The predicted octanol–water partition coefficient (Wildman–Crippen LogP) is 2.42. The molecule has 3 nitrogen and oxygen atoms in total. The first-order valence-electron chi connectivity index (χ1n) is 5.89. The van der Waals surface area contributed by atoms with Gasteiger partial charge in [0.25, 0.3) is 0 Å². The molecule has 1 aliphatic rings. The van der Waals surface area contributed by atoms with E-state index in [2.05, 4.69) is 0 Å². The lowest BCUT2D eigenvalue weighted by atomic mass is 9.83. The van der Waals surface area contributed by atoms with E-state index >= 15 is 0 Å². The van der Waals surface area contributed by atoms with Gasteiger partial charge >= 0.3 is 5.97 Å². The van der Waals surface area contributed by atoms with Crippen LogP contribution in [-0.4, -0.2) is 16.2 Å². The number of aliphatic hydroxyl groups is 1. The number of benzene rings is 1. The Hall–Kier alpha value is -1.35. The van der Waals surface area contributed by atoms with Crippen LogP contribution in [0.1, 0.15) is 44.2 Å². The molecular weight excluding hydrogens is 216 g/mol. The van der Waals surface area contributed by atoms with Gasteiger partial charge in [0.1, 0.15) is 0 Å². The van der Waals surface area contributed by atoms with Gasteiger partial charge in [-0.2, -0.15) is 0 Å². The molecule has 0 heterocycles. The van der Waals surface area contributed by atoms with E-state index < -0.39 is 11.6 Å². The van der Waals surface area contributed by atoms with Gasteiger partial charge in [0.2, 0.25) is 0 Å². The minimum absolute atomic E-state index is 0.153. The molecule has 0 atom stereocenters. The number of carboxylic acid groups (broad SMARTS) is 1. The van der Waals surface area contributed by atoms with Crippen LogP contribution >= 0.6 is 0 Å². The molecule has 0 amide bonds. The number of carboxylic acids is 1. The van der Waals surface area contributed by atoms with Gasteiger partial charge < -0.3 is 10.2 Å². The summed E-state index contributed by atoms with van der Waals surface area (Å²) in [4.78, 5) is 10.9. The fraction of sp³-hybridized carbons (Fsp3) is 0.500. The van der Waals surface area contributed by atoms with Gasteiger partial charge in [-0.25, -0.2) is 0 Å². The lowest BCUT2D eigenvalue weighted by molar-refractivity contribution is -0.137. The highest BCUT2D eigenvalue weighted by atomic mass is 16.4. The molecule has 17 heavy (non-hydrogen) atoms. The van der Waals surface area contributed by atoms with Crippen LogP contribution in [0, 0.1) is 0 Å². The second-order valence-electron chi connectivity index (χ2n) is 5.46. The van der Waals surface area contributed by atoms with E-state index in [0.717, 1.165) is 24.0 Å². The predicted molar refractivity (Wildman–Crippen MR) is 64.9 cm³/mol. The average molecular weight is 234 g/mol. The second kappa shape index (κ2) is 3.84. The summed E-state index contributed by atoms with van der Waals surface area (Å²) >= 11 is 0. The maximum atomic E-state index is 10.9. The highest BCUT2D eigenvalue weighted by Crippen LogP contribution is 2.53. The van der Waals surface area contributed by atoms with Crippen molar-refractivity contribution in [2.24, 2.45) is 0 Å². The first kappa shape index (κ1) is 12.1. The molecule has 0 radical (unpaired) electrons. The molecule has 0 aromatic heterocycles. The fourth-order valence-electron chi connectivity index (χ4n) is 2.46. The third-order valence-electron chi connectivity index (χ3n) is 3.50. The van der Waals surface area contributed by atoms with Gasteiger partial charge in [-0.15, -0.1) is 0 Å². The summed E-state index contributed by atoms with van der Waals surface area (Å²) in [6, 6.07) is 7.63. The third-order valence-corrected chi connectivity index (χ3v) is 3.50. The van der Waals surface area contributed by atoms with Gasteiger partial charge in [-0.3, -0.25) is 4.79 Å². The Kier molecular flexibility index (Phi) is 2.74. The van der Waals surface area contributed by atoms with Crippen molar-refractivity contribution in [1.82, 2.24) is 0 Å². The zero-order valence-corrected chi connectivity index (χ0v) is 10.2. The molecular formula is C14H18O3. The Labute approximate surface area is 101 Å². The first-order chi connectivity index (χ1) is 7.85. The molecule has 1 aromatic carbocycles. The van der Waals surface area contributed by atoms with Crippen molar-refractivity contribution in [2.45, 2.75) is 44.1 Å². The molecule has 2 rings (SSSR count). The minimum atomic E-state index is -0.926. The molecule has 1 aromatic rings. The van der Waals surface area contributed by atoms with Gasteiger partial charge in [0, 0.05) is 5.41 Å². The van der Waals surface area contributed by atoms with Crippen LogP contribution in [0.3, 0.4) is 0 Å². The van der Waals surface area contributed by atoms with E-state index in [1.165, 1.54) is 0 Å². The van der Waals surface area contributed by atoms with E-state index in [4.69, 9.17) is 5.11 Å². The van der Waals surface area contributed by atoms with E-state index in [-0.39, 0.29) is 11.8 Å². The first-order valence-corrected chi connectivity index (χ1v) is 5.89. The second-order valence-corrected chi connectivity index (χ2v) is 5.46. The zero-order chi connectivity index (χ0) is 12.7. The standard InChI is InChI=1S/C14H18O3/c1-13(2,17)10-5-3-4-6-11(10)14(7-8-14)9-12(15)16/h3-6,17H,7-9H2,1-2H3,(H,15,16). The summed E-state index contributed by atoms with van der Waals surface area (Å²) < 4.78 is 0. The molecule has 1 aliphatic carbocycles. The van der Waals surface area contributed by atoms with Crippen molar-refractivity contribution < 1.29 is 15.0 Å². The van der Waals surface area contributed by atoms with Crippen LogP contribution in [0.2, 0.25) is 0 Å². The van der Waals surface area contributed by atoms with E-state index in [0.29, 0.717) is 0 Å². The largest absolute Gasteiger partial charge is 0.481 e. The molecule has 2 N–H and O–H groups in total. The Morgan fingerprint density at radius 1 is 1.35 bits per heavy atom. The molecule has 0 spiro atoms. The molecule has 1 saturated carbocycles. The van der Waals surface area contributed by atoms with Gasteiger partial charge in [-0.05, 0) is 37.8 Å².